The molecule has 1 aromatic rings. The summed E-state index contributed by atoms with van der Waals surface area (Å²) in [6.45, 7) is 0.609. The second-order valence-corrected chi connectivity index (χ2v) is 5.42. The fourth-order valence-corrected chi connectivity index (χ4v) is 2.74. The van der Waals surface area contributed by atoms with Crippen LogP contribution in [0, 0.1) is 0 Å². The first kappa shape index (κ1) is 14.0. The van der Waals surface area contributed by atoms with Gasteiger partial charge >= 0.3 is 5.97 Å². The molecule has 1 aliphatic carbocycles. The van der Waals surface area contributed by atoms with Gasteiger partial charge in [0, 0.05) is 25.7 Å². The Morgan fingerprint density at radius 2 is 2.16 bits per heavy atom. The Morgan fingerprint density at radius 1 is 1.53 bits per heavy atom. The molecule has 0 amide bonds. The van der Waals surface area contributed by atoms with Gasteiger partial charge < -0.3 is 10.8 Å². The van der Waals surface area contributed by atoms with Gasteiger partial charge in [-0.3, -0.25) is 9.58 Å². The van der Waals surface area contributed by atoms with E-state index in [9.17, 15) is 4.79 Å². The number of rotatable bonds is 4. The van der Waals surface area contributed by atoms with Gasteiger partial charge in [-0.15, -0.1) is 0 Å². The van der Waals surface area contributed by atoms with Crippen molar-refractivity contribution in [2.24, 2.45) is 12.8 Å². The Morgan fingerprint density at radius 3 is 2.74 bits per heavy atom. The number of nitrogens with zero attached hydrogens (tertiary/aromatic N) is 3. The maximum atomic E-state index is 11.1. The van der Waals surface area contributed by atoms with Gasteiger partial charge in [0.25, 0.3) is 0 Å². The smallest absolute Gasteiger partial charge is 0.339 e. The van der Waals surface area contributed by atoms with Crippen molar-refractivity contribution in [2.45, 2.75) is 44.3 Å². The molecule has 1 aromatic heterocycles. The van der Waals surface area contributed by atoms with E-state index in [1.165, 1.54) is 6.20 Å². The summed E-state index contributed by atoms with van der Waals surface area (Å²) < 4.78 is 1.65. The molecule has 3 N–H and O–H groups in total. The number of carbonyl (C=O) groups is 1. The van der Waals surface area contributed by atoms with Crippen molar-refractivity contribution in [1.29, 1.82) is 0 Å². The summed E-state index contributed by atoms with van der Waals surface area (Å²) in [5.74, 6) is -0.915. The van der Waals surface area contributed by atoms with Crippen LogP contribution in [0.2, 0.25) is 0 Å². The second kappa shape index (κ2) is 5.71. The predicted octanol–water partition coefficient (Wildman–Crippen LogP) is 0.820. The van der Waals surface area contributed by atoms with E-state index in [4.69, 9.17) is 10.8 Å². The Hall–Kier alpha value is -1.40. The quantitative estimate of drug-likeness (QED) is 0.843. The molecule has 1 heterocycles. The lowest BCUT2D eigenvalue weighted by Gasteiger charge is -2.33. The van der Waals surface area contributed by atoms with E-state index >= 15 is 0 Å². The van der Waals surface area contributed by atoms with Gasteiger partial charge in [-0.1, -0.05) is 0 Å². The normalized spacial score (nSPS) is 23.8. The van der Waals surface area contributed by atoms with E-state index in [0.29, 0.717) is 24.2 Å². The van der Waals surface area contributed by atoms with Crippen molar-refractivity contribution in [3.05, 3.63) is 17.5 Å². The first-order valence-corrected chi connectivity index (χ1v) is 6.69. The van der Waals surface area contributed by atoms with Crippen molar-refractivity contribution < 1.29 is 9.90 Å². The lowest BCUT2D eigenvalue weighted by atomic mass is 9.91. The molecule has 0 atom stereocenters. The van der Waals surface area contributed by atoms with E-state index < -0.39 is 5.97 Å². The molecule has 2 rings (SSSR count). The highest BCUT2D eigenvalue weighted by atomic mass is 16.4. The van der Waals surface area contributed by atoms with Crippen molar-refractivity contribution in [3.63, 3.8) is 0 Å². The van der Waals surface area contributed by atoms with E-state index in [-0.39, 0.29) is 0 Å². The minimum Gasteiger partial charge on any atom is -0.478 e. The van der Waals surface area contributed by atoms with Crippen molar-refractivity contribution in [3.8, 4) is 0 Å². The monoisotopic (exact) mass is 266 g/mol. The van der Waals surface area contributed by atoms with Crippen LogP contribution >= 0.6 is 0 Å². The number of aromatic carboxylic acids is 1. The summed E-state index contributed by atoms with van der Waals surface area (Å²) in [5.41, 5.74) is 6.96. The summed E-state index contributed by atoms with van der Waals surface area (Å²) in [6.07, 6.45) is 5.68. The van der Waals surface area contributed by atoms with Gasteiger partial charge in [-0.25, -0.2) is 4.79 Å². The molecule has 0 spiro atoms. The van der Waals surface area contributed by atoms with E-state index in [0.717, 1.165) is 31.4 Å². The fourth-order valence-electron chi connectivity index (χ4n) is 2.74. The van der Waals surface area contributed by atoms with Gasteiger partial charge in [0.2, 0.25) is 0 Å². The van der Waals surface area contributed by atoms with Crippen LogP contribution in [0.3, 0.4) is 0 Å². The van der Waals surface area contributed by atoms with Crippen LogP contribution in [0.1, 0.15) is 41.7 Å². The number of hydrogen-bond donors (Lipinski definition) is 2. The third-order valence-corrected chi connectivity index (χ3v) is 4.06. The third kappa shape index (κ3) is 3.13. The highest BCUT2D eigenvalue weighted by Crippen LogP contribution is 2.23. The average Bonchev–Trinajstić information content (AvgIpc) is 2.72. The topological polar surface area (TPSA) is 84.4 Å². The first-order chi connectivity index (χ1) is 8.99. The molecule has 0 radical (unpaired) electrons. The van der Waals surface area contributed by atoms with Gasteiger partial charge in [0.15, 0.2) is 0 Å². The van der Waals surface area contributed by atoms with Crippen molar-refractivity contribution >= 4 is 5.97 Å². The molecule has 19 heavy (non-hydrogen) atoms. The minimum atomic E-state index is -0.915. The maximum absolute atomic E-state index is 11.1. The number of carboxylic acids is 1. The summed E-state index contributed by atoms with van der Waals surface area (Å²) >= 11 is 0. The first-order valence-electron chi connectivity index (χ1n) is 6.69. The standard InChI is InChI=1S/C13H22N4O2/c1-16(10-5-3-9(14)4-6-10)8-12-11(13(18)19)7-15-17(12)2/h7,9-10H,3-6,8,14H2,1-2H3,(H,18,19). The third-order valence-electron chi connectivity index (χ3n) is 4.06. The molecule has 0 saturated heterocycles. The van der Waals surface area contributed by atoms with Gasteiger partial charge in [0.05, 0.1) is 11.9 Å². The molecule has 6 heteroatoms. The molecule has 1 fully saturated rings. The molecule has 106 valence electrons. The summed E-state index contributed by atoms with van der Waals surface area (Å²) in [4.78, 5) is 13.4. The summed E-state index contributed by atoms with van der Waals surface area (Å²) in [7, 11) is 3.83. The number of nitrogens with two attached hydrogens (primary N) is 1. The largest absolute Gasteiger partial charge is 0.478 e. The maximum Gasteiger partial charge on any atom is 0.339 e. The Balaban J connectivity index is 2.04. The van der Waals surface area contributed by atoms with E-state index in [1.54, 1.807) is 11.7 Å². The molecule has 6 nitrogen and oxygen atoms in total. The number of carboxylic acid groups (broad SMARTS) is 1. The number of hydrogen-bond acceptors (Lipinski definition) is 4. The van der Waals surface area contributed by atoms with E-state index in [2.05, 4.69) is 10.00 Å². The lowest BCUT2D eigenvalue weighted by molar-refractivity contribution is 0.0693. The summed E-state index contributed by atoms with van der Waals surface area (Å²) in [5, 5.41) is 13.2. The molecule has 1 saturated carbocycles. The number of aromatic nitrogens is 2. The number of aryl methyl sites for hydroxylation is 1. The zero-order chi connectivity index (χ0) is 14.0. The van der Waals surface area contributed by atoms with Gasteiger partial charge in [0.1, 0.15) is 5.56 Å². The fraction of sp³-hybridized carbons (Fsp3) is 0.692. The minimum absolute atomic E-state index is 0.293. The van der Waals surface area contributed by atoms with Crippen LogP contribution in [0.5, 0.6) is 0 Å². The Kier molecular flexibility index (Phi) is 4.21. The van der Waals surface area contributed by atoms with Crippen molar-refractivity contribution in [2.75, 3.05) is 7.05 Å². The second-order valence-electron chi connectivity index (χ2n) is 5.42. The van der Waals surface area contributed by atoms with Crippen LogP contribution in [-0.4, -0.2) is 44.9 Å². The van der Waals surface area contributed by atoms with Crippen LogP contribution < -0.4 is 5.73 Å². The Labute approximate surface area is 113 Å². The molecule has 0 aliphatic heterocycles. The van der Waals surface area contributed by atoms with Gasteiger partial charge in [-0.05, 0) is 32.7 Å². The highest BCUT2D eigenvalue weighted by molar-refractivity contribution is 5.88. The zero-order valence-electron chi connectivity index (χ0n) is 11.5. The molecular weight excluding hydrogens is 244 g/mol. The van der Waals surface area contributed by atoms with Crippen LogP contribution in [-0.2, 0) is 13.6 Å². The molecular formula is C13H22N4O2. The summed E-state index contributed by atoms with van der Waals surface area (Å²) in [6, 6.07) is 0.812. The molecule has 0 aromatic carbocycles. The average molecular weight is 266 g/mol. The molecule has 1 aliphatic rings. The SMILES string of the molecule is CN(Cc1c(C(=O)O)cnn1C)C1CCC(N)CC1. The highest BCUT2D eigenvalue weighted by Gasteiger charge is 2.24. The Bertz CT molecular complexity index is 449. The van der Waals surface area contributed by atoms with Crippen LogP contribution in [0.25, 0.3) is 0 Å². The van der Waals surface area contributed by atoms with Crippen LogP contribution in [0.4, 0.5) is 0 Å². The van der Waals surface area contributed by atoms with Crippen LogP contribution in [0.15, 0.2) is 6.20 Å². The van der Waals surface area contributed by atoms with Crippen molar-refractivity contribution in [1.82, 2.24) is 14.7 Å². The molecule has 0 bridgehead atoms. The lowest BCUT2D eigenvalue weighted by Crippen LogP contribution is -2.38. The zero-order valence-corrected chi connectivity index (χ0v) is 11.5. The van der Waals surface area contributed by atoms with Gasteiger partial charge in [-0.2, -0.15) is 5.10 Å². The molecule has 0 unspecified atom stereocenters. The van der Waals surface area contributed by atoms with E-state index in [1.807, 2.05) is 7.05 Å². The predicted molar refractivity (Wildman–Crippen MR) is 71.9 cm³/mol.